The molecule has 0 radical (unpaired) electrons. The van der Waals surface area contributed by atoms with E-state index in [1.807, 2.05) is 0 Å². The molecule has 2 amide bonds. The summed E-state index contributed by atoms with van der Waals surface area (Å²) in [5.74, 6) is -1.94. The summed E-state index contributed by atoms with van der Waals surface area (Å²) in [6, 6.07) is 1.84. The van der Waals surface area contributed by atoms with Crippen LogP contribution in [0.5, 0.6) is 5.75 Å². The standard InChI is InChI=1S/C13H16ClFN2O4/c1-13(2,3)21-12(20)16-6-11(19)17-9-4-7(14)10(18)5-8(9)15/h4-5,18H,6H2,1-3H3,(H,16,20)(H,17,19). The summed E-state index contributed by atoms with van der Waals surface area (Å²) < 4.78 is 18.4. The van der Waals surface area contributed by atoms with Crippen molar-refractivity contribution >= 4 is 29.3 Å². The largest absolute Gasteiger partial charge is 0.506 e. The Morgan fingerprint density at radius 1 is 1.38 bits per heavy atom. The molecule has 6 nitrogen and oxygen atoms in total. The number of phenols is 1. The first-order valence-corrected chi connectivity index (χ1v) is 6.41. The van der Waals surface area contributed by atoms with Gasteiger partial charge in [0.1, 0.15) is 23.7 Å². The lowest BCUT2D eigenvalue weighted by Gasteiger charge is -2.19. The smallest absolute Gasteiger partial charge is 0.408 e. The van der Waals surface area contributed by atoms with E-state index in [1.54, 1.807) is 20.8 Å². The number of nitrogens with one attached hydrogen (secondary N) is 2. The molecule has 3 N–H and O–H groups in total. The van der Waals surface area contributed by atoms with Gasteiger partial charge in [-0.05, 0) is 26.8 Å². The molecule has 21 heavy (non-hydrogen) atoms. The zero-order chi connectivity index (χ0) is 16.2. The Labute approximate surface area is 126 Å². The van der Waals surface area contributed by atoms with Crippen LogP contribution in [-0.2, 0) is 9.53 Å². The van der Waals surface area contributed by atoms with Gasteiger partial charge in [-0.3, -0.25) is 4.79 Å². The molecule has 0 atom stereocenters. The Morgan fingerprint density at radius 3 is 2.57 bits per heavy atom. The van der Waals surface area contributed by atoms with Crippen LogP contribution in [0.2, 0.25) is 5.02 Å². The summed E-state index contributed by atoms with van der Waals surface area (Å²) in [7, 11) is 0. The summed E-state index contributed by atoms with van der Waals surface area (Å²) in [6.07, 6.45) is -0.762. The molecule has 1 aromatic carbocycles. The SMILES string of the molecule is CC(C)(C)OC(=O)NCC(=O)Nc1cc(Cl)c(O)cc1F. The highest BCUT2D eigenvalue weighted by atomic mass is 35.5. The number of halogens is 2. The second-order valence-corrected chi connectivity index (χ2v) is 5.59. The van der Waals surface area contributed by atoms with Crippen molar-refractivity contribution in [1.82, 2.24) is 5.32 Å². The van der Waals surface area contributed by atoms with E-state index in [0.717, 1.165) is 12.1 Å². The molecule has 0 spiro atoms. The second-order valence-electron chi connectivity index (χ2n) is 5.19. The Hall–Kier alpha value is -2.02. The Kier molecular flexibility index (Phi) is 5.37. The molecule has 0 saturated carbocycles. The van der Waals surface area contributed by atoms with Gasteiger partial charge < -0.3 is 20.5 Å². The van der Waals surface area contributed by atoms with Crippen molar-refractivity contribution in [2.24, 2.45) is 0 Å². The fraction of sp³-hybridized carbons (Fsp3) is 0.385. The third kappa shape index (κ3) is 5.86. The molecule has 0 aliphatic heterocycles. The summed E-state index contributed by atoms with van der Waals surface area (Å²) in [5, 5.41) is 13.5. The lowest BCUT2D eigenvalue weighted by Crippen LogP contribution is -2.37. The third-order valence-electron chi connectivity index (χ3n) is 2.10. The average Bonchev–Trinajstić information content (AvgIpc) is 2.31. The minimum absolute atomic E-state index is 0.105. The van der Waals surface area contributed by atoms with Crippen molar-refractivity contribution in [3.05, 3.63) is 23.0 Å². The van der Waals surface area contributed by atoms with E-state index in [1.165, 1.54) is 0 Å². The normalized spacial score (nSPS) is 10.9. The van der Waals surface area contributed by atoms with Crippen molar-refractivity contribution in [3.63, 3.8) is 0 Å². The van der Waals surface area contributed by atoms with Gasteiger partial charge in [-0.15, -0.1) is 0 Å². The van der Waals surface area contributed by atoms with Crippen LogP contribution in [0.1, 0.15) is 20.8 Å². The molecule has 8 heteroatoms. The van der Waals surface area contributed by atoms with Crippen molar-refractivity contribution in [2.75, 3.05) is 11.9 Å². The van der Waals surface area contributed by atoms with Crippen LogP contribution in [0.4, 0.5) is 14.9 Å². The highest BCUT2D eigenvalue weighted by Crippen LogP contribution is 2.28. The van der Waals surface area contributed by atoms with Crippen LogP contribution in [-0.4, -0.2) is 29.3 Å². The number of phenolic OH excluding ortho intramolecular Hbond substituents is 1. The quantitative estimate of drug-likeness (QED) is 0.748. The maximum atomic E-state index is 13.5. The maximum Gasteiger partial charge on any atom is 0.408 e. The summed E-state index contributed by atoms with van der Waals surface area (Å²) >= 11 is 5.61. The zero-order valence-corrected chi connectivity index (χ0v) is 12.5. The van der Waals surface area contributed by atoms with Crippen molar-refractivity contribution < 1.29 is 23.8 Å². The van der Waals surface area contributed by atoms with E-state index in [4.69, 9.17) is 16.3 Å². The number of rotatable bonds is 3. The monoisotopic (exact) mass is 318 g/mol. The molecule has 1 rings (SSSR count). The molecule has 0 heterocycles. The number of hydrogen-bond donors (Lipinski definition) is 3. The predicted octanol–water partition coefficient (Wildman–Crippen LogP) is 2.65. The predicted molar refractivity (Wildman–Crippen MR) is 75.9 cm³/mol. The topological polar surface area (TPSA) is 87.7 Å². The second kappa shape index (κ2) is 6.62. The minimum atomic E-state index is -0.845. The van der Waals surface area contributed by atoms with Gasteiger partial charge in [-0.1, -0.05) is 11.6 Å². The van der Waals surface area contributed by atoms with Gasteiger partial charge in [0, 0.05) is 6.07 Å². The van der Waals surface area contributed by atoms with Gasteiger partial charge in [-0.2, -0.15) is 0 Å². The van der Waals surface area contributed by atoms with Gasteiger partial charge in [0.05, 0.1) is 10.7 Å². The number of benzene rings is 1. The first-order chi connectivity index (χ1) is 9.58. The van der Waals surface area contributed by atoms with Gasteiger partial charge in [-0.25, -0.2) is 9.18 Å². The molecule has 0 fully saturated rings. The molecule has 0 unspecified atom stereocenters. The van der Waals surface area contributed by atoms with Crippen LogP contribution >= 0.6 is 11.6 Å². The summed E-state index contributed by atoms with van der Waals surface area (Å²) in [5.41, 5.74) is -0.884. The van der Waals surface area contributed by atoms with E-state index in [9.17, 15) is 19.1 Å². The van der Waals surface area contributed by atoms with Crippen LogP contribution in [0, 0.1) is 5.82 Å². The lowest BCUT2D eigenvalue weighted by molar-refractivity contribution is -0.115. The number of amides is 2. The highest BCUT2D eigenvalue weighted by Gasteiger charge is 2.17. The van der Waals surface area contributed by atoms with Gasteiger partial charge in [0.15, 0.2) is 0 Å². The molecule has 116 valence electrons. The highest BCUT2D eigenvalue weighted by molar-refractivity contribution is 6.32. The van der Waals surface area contributed by atoms with Crippen LogP contribution in [0.3, 0.4) is 0 Å². The number of carbonyl (C=O) groups excluding carboxylic acids is 2. The number of alkyl carbamates (subject to hydrolysis) is 1. The van der Waals surface area contributed by atoms with E-state index in [0.29, 0.717) is 0 Å². The fourth-order valence-corrected chi connectivity index (χ4v) is 1.46. The molecule has 0 aliphatic rings. The fourth-order valence-electron chi connectivity index (χ4n) is 1.29. The molecule has 1 aromatic rings. The molecule has 0 aliphatic carbocycles. The maximum absolute atomic E-state index is 13.5. The van der Waals surface area contributed by atoms with Crippen molar-refractivity contribution in [2.45, 2.75) is 26.4 Å². The van der Waals surface area contributed by atoms with E-state index in [-0.39, 0.29) is 10.7 Å². The Bertz CT molecular complexity index is 558. The Balaban J connectivity index is 2.55. The van der Waals surface area contributed by atoms with E-state index >= 15 is 0 Å². The number of ether oxygens (including phenoxy) is 1. The summed E-state index contributed by atoms with van der Waals surface area (Å²) in [6.45, 7) is 4.65. The third-order valence-corrected chi connectivity index (χ3v) is 2.41. The molecule has 0 bridgehead atoms. The minimum Gasteiger partial charge on any atom is -0.506 e. The first-order valence-electron chi connectivity index (χ1n) is 6.03. The van der Waals surface area contributed by atoms with Crippen LogP contribution in [0.25, 0.3) is 0 Å². The van der Waals surface area contributed by atoms with Crippen molar-refractivity contribution in [3.8, 4) is 5.75 Å². The van der Waals surface area contributed by atoms with Gasteiger partial charge in [0.25, 0.3) is 0 Å². The zero-order valence-electron chi connectivity index (χ0n) is 11.8. The molecule has 0 saturated heterocycles. The number of anilines is 1. The lowest BCUT2D eigenvalue weighted by atomic mass is 10.2. The first kappa shape index (κ1) is 17.0. The molecular weight excluding hydrogens is 303 g/mol. The van der Waals surface area contributed by atoms with Crippen LogP contribution < -0.4 is 10.6 Å². The summed E-state index contributed by atoms with van der Waals surface area (Å²) in [4.78, 5) is 22.9. The molecular formula is C13H16ClFN2O4. The number of hydrogen-bond acceptors (Lipinski definition) is 4. The Morgan fingerprint density at radius 2 is 2.00 bits per heavy atom. The van der Waals surface area contributed by atoms with E-state index in [2.05, 4.69) is 10.6 Å². The van der Waals surface area contributed by atoms with E-state index < -0.39 is 35.7 Å². The number of aromatic hydroxyl groups is 1. The molecule has 0 aromatic heterocycles. The van der Waals surface area contributed by atoms with Gasteiger partial charge in [0.2, 0.25) is 5.91 Å². The van der Waals surface area contributed by atoms with Gasteiger partial charge >= 0.3 is 6.09 Å². The number of carbonyl (C=O) groups is 2. The van der Waals surface area contributed by atoms with Crippen molar-refractivity contribution in [1.29, 1.82) is 0 Å². The average molecular weight is 319 g/mol. The van der Waals surface area contributed by atoms with Crippen LogP contribution in [0.15, 0.2) is 12.1 Å².